The van der Waals surface area contributed by atoms with Gasteiger partial charge in [0.2, 0.25) is 5.91 Å². The maximum Gasteiger partial charge on any atom is 0.319 e. The van der Waals surface area contributed by atoms with Crippen molar-refractivity contribution in [2.75, 3.05) is 30.3 Å². The fraction of sp³-hybridized carbons (Fsp3) is 0.625. The molecular formula is C8H15N5O2. The number of amides is 1. The molecule has 1 aromatic heterocycles. The molecule has 0 spiro atoms. The lowest BCUT2D eigenvalue weighted by molar-refractivity contribution is -0.119. The van der Waals surface area contributed by atoms with Crippen LogP contribution in [0.15, 0.2) is 4.42 Å². The molecule has 1 heterocycles. The largest absolute Gasteiger partial charge is 0.390 e. The predicted molar refractivity (Wildman–Crippen MR) is 55.3 cm³/mol. The van der Waals surface area contributed by atoms with Gasteiger partial charge in [0, 0.05) is 13.1 Å². The molecule has 0 atom stereocenters. The van der Waals surface area contributed by atoms with Crippen LogP contribution in [0.1, 0.15) is 13.8 Å². The Morgan fingerprint density at radius 3 is 2.73 bits per heavy atom. The molecule has 0 aliphatic heterocycles. The van der Waals surface area contributed by atoms with Crippen molar-refractivity contribution in [3.63, 3.8) is 0 Å². The zero-order chi connectivity index (χ0) is 11.3. The number of hydrogen-bond acceptors (Lipinski definition) is 6. The van der Waals surface area contributed by atoms with Crippen LogP contribution in [0.4, 0.5) is 12.0 Å². The van der Waals surface area contributed by atoms with Gasteiger partial charge >= 0.3 is 12.0 Å². The standard InChI is InChI=1S/C8H15N5O2/c1-3-10-6(14)5-13(4-2)8-12-11-7(9)15-8/h3-5H2,1-2H3,(H2,9,11)(H,10,14). The molecule has 0 aliphatic carbocycles. The first-order valence-electron chi connectivity index (χ1n) is 4.78. The number of anilines is 2. The maximum atomic E-state index is 11.3. The summed E-state index contributed by atoms with van der Waals surface area (Å²) in [6.45, 7) is 5.13. The summed E-state index contributed by atoms with van der Waals surface area (Å²) in [5, 5.41) is 9.92. The number of nitrogens with zero attached hydrogens (tertiary/aromatic N) is 3. The molecule has 0 radical (unpaired) electrons. The van der Waals surface area contributed by atoms with E-state index in [0.717, 1.165) is 0 Å². The smallest absolute Gasteiger partial charge is 0.319 e. The fourth-order valence-electron chi connectivity index (χ4n) is 1.10. The van der Waals surface area contributed by atoms with Gasteiger partial charge in [-0.2, -0.15) is 0 Å². The quantitative estimate of drug-likeness (QED) is 0.691. The number of nitrogen functional groups attached to an aromatic ring is 1. The number of aromatic nitrogens is 2. The van der Waals surface area contributed by atoms with Crippen LogP contribution >= 0.6 is 0 Å². The SMILES string of the molecule is CCNC(=O)CN(CC)c1nnc(N)o1. The summed E-state index contributed by atoms with van der Waals surface area (Å²) in [6, 6.07) is 0.264. The van der Waals surface area contributed by atoms with Crippen molar-refractivity contribution in [1.82, 2.24) is 15.5 Å². The molecule has 0 aromatic carbocycles. The van der Waals surface area contributed by atoms with Gasteiger partial charge in [0.05, 0.1) is 0 Å². The van der Waals surface area contributed by atoms with Crippen molar-refractivity contribution in [2.45, 2.75) is 13.8 Å². The number of carbonyl (C=O) groups excluding carboxylic acids is 1. The fourth-order valence-corrected chi connectivity index (χ4v) is 1.10. The van der Waals surface area contributed by atoms with Gasteiger partial charge in [-0.3, -0.25) is 4.79 Å². The van der Waals surface area contributed by atoms with Crippen molar-refractivity contribution in [1.29, 1.82) is 0 Å². The van der Waals surface area contributed by atoms with Crippen LogP contribution < -0.4 is 16.0 Å². The lowest BCUT2D eigenvalue weighted by atomic mass is 10.5. The van der Waals surface area contributed by atoms with E-state index >= 15 is 0 Å². The van der Waals surface area contributed by atoms with Gasteiger partial charge in [0.25, 0.3) is 0 Å². The van der Waals surface area contributed by atoms with E-state index in [9.17, 15) is 4.79 Å². The first-order chi connectivity index (χ1) is 7.17. The van der Waals surface area contributed by atoms with Gasteiger partial charge in [-0.25, -0.2) is 0 Å². The third kappa shape index (κ3) is 3.12. The average molecular weight is 213 g/mol. The van der Waals surface area contributed by atoms with Crippen LogP contribution in [0, 0.1) is 0 Å². The minimum Gasteiger partial charge on any atom is -0.390 e. The summed E-state index contributed by atoms with van der Waals surface area (Å²) >= 11 is 0. The summed E-state index contributed by atoms with van der Waals surface area (Å²) in [5.41, 5.74) is 5.29. The number of likely N-dealkylation sites (N-methyl/N-ethyl adjacent to an activating group) is 2. The Labute approximate surface area is 87.6 Å². The van der Waals surface area contributed by atoms with Crippen LogP contribution in [0.5, 0.6) is 0 Å². The predicted octanol–water partition coefficient (Wildman–Crippen LogP) is -0.386. The maximum absolute atomic E-state index is 11.3. The monoisotopic (exact) mass is 213 g/mol. The zero-order valence-corrected chi connectivity index (χ0v) is 8.86. The molecule has 0 saturated heterocycles. The Balaban J connectivity index is 2.60. The first kappa shape index (κ1) is 11.3. The Morgan fingerprint density at radius 2 is 2.27 bits per heavy atom. The highest BCUT2D eigenvalue weighted by Gasteiger charge is 2.14. The van der Waals surface area contributed by atoms with Gasteiger partial charge in [0.15, 0.2) is 0 Å². The van der Waals surface area contributed by atoms with Crippen molar-refractivity contribution in [3.8, 4) is 0 Å². The molecule has 0 aliphatic rings. The number of carbonyl (C=O) groups is 1. The Kier molecular flexibility index (Phi) is 3.90. The van der Waals surface area contributed by atoms with Gasteiger partial charge in [-0.15, -0.1) is 0 Å². The number of hydrogen-bond donors (Lipinski definition) is 2. The number of rotatable bonds is 5. The summed E-state index contributed by atoms with van der Waals surface area (Å²) in [5.74, 6) is -0.0869. The average Bonchev–Trinajstić information content (AvgIpc) is 2.61. The van der Waals surface area contributed by atoms with Gasteiger partial charge in [-0.05, 0) is 13.8 Å². The minimum absolute atomic E-state index is 0.000602. The van der Waals surface area contributed by atoms with Gasteiger partial charge < -0.3 is 20.4 Å². The second-order valence-corrected chi connectivity index (χ2v) is 2.89. The van der Waals surface area contributed by atoms with Crippen LogP contribution in [0.25, 0.3) is 0 Å². The highest BCUT2D eigenvalue weighted by atomic mass is 16.4. The van der Waals surface area contributed by atoms with Crippen molar-refractivity contribution in [3.05, 3.63) is 0 Å². The number of nitrogens with two attached hydrogens (primary N) is 1. The molecule has 84 valence electrons. The Morgan fingerprint density at radius 1 is 1.53 bits per heavy atom. The molecule has 15 heavy (non-hydrogen) atoms. The van der Waals surface area contributed by atoms with E-state index in [4.69, 9.17) is 10.2 Å². The molecule has 0 unspecified atom stereocenters. The van der Waals surface area contributed by atoms with E-state index < -0.39 is 0 Å². The summed E-state index contributed by atoms with van der Waals surface area (Å²) in [7, 11) is 0. The molecule has 7 nitrogen and oxygen atoms in total. The van der Waals surface area contributed by atoms with Crippen LogP contribution in [-0.4, -0.2) is 35.7 Å². The van der Waals surface area contributed by atoms with E-state index in [1.807, 2.05) is 13.8 Å². The van der Waals surface area contributed by atoms with Crippen molar-refractivity contribution < 1.29 is 9.21 Å². The van der Waals surface area contributed by atoms with E-state index in [-0.39, 0.29) is 24.5 Å². The molecular weight excluding hydrogens is 198 g/mol. The molecule has 1 aromatic rings. The van der Waals surface area contributed by atoms with Crippen molar-refractivity contribution >= 4 is 17.9 Å². The topological polar surface area (TPSA) is 97.3 Å². The normalized spacial score (nSPS) is 10.0. The summed E-state index contributed by atoms with van der Waals surface area (Å²) in [6.07, 6.45) is 0. The summed E-state index contributed by atoms with van der Waals surface area (Å²) in [4.78, 5) is 13.0. The summed E-state index contributed by atoms with van der Waals surface area (Å²) < 4.78 is 5.02. The second kappa shape index (κ2) is 5.18. The Bertz CT molecular complexity index is 325. The molecule has 0 fully saturated rings. The molecule has 1 rings (SSSR count). The van der Waals surface area contributed by atoms with Crippen molar-refractivity contribution in [2.24, 2.45) is 0 Å². The molecule has 3 N–H and O–H groups in total. The van der Waals surface area contributed by atoms with E-state index in [1.165, 1.54) is 0 Å². The molecule has 7 heteroatoms. The number of nitrogens with one attached hydrogen (secondary N) is 1. The van der Waals surface area contributed by atoms with Crippen LogP contribution in [0.3, 0.4) is 0 Å². The van der Waals surface area contributed by atoms with Gasteiger partial charge in [-0.1, -0.05) is 10.2 Å². The van der Waals surface area contributed by atoms with E-state index in [0.29, 0.717) is 13.1 Å². The van der Waals surface area contributed by atoms with Gasteiger partial charge in [0.1, 0.15) is 6.54 Å². The van der Waals surface area contributed by atoms with E-state index in [1.54, 1.807) is 4.90 Å². The minimum atomic E-state index is -0.0869. The highest BCUT2D eigenvalue weighted by Crippen LogP contribution is 2.11. The first-order valence-corrected chi connectivity index (χ1v) is 4.78. The van der Waals surface area contributed by atoms with Crippen LogP contribution in [0.2, 0.25) is 0 Å². The second-order valence-electron chi connectivity index (χ2n) is 2.89. The Hall–Kier alpha value is -1.79. The van der Waals surface area contributed by atoms with E-state index in [2.05, 4.69) is 15.5 Å². The molecule has 0 saturated carbocycles. The van der Waals surface area contributed by atoms with Crippen LogP contribution in [-0.2, 0) is 4.79 Å². The third-order valence-electron chi connectivity index (χ3n) is 1.79. The lowest BCUT2D eigenvalue weighted by Crippen LogP contribution is -2.37. The zero-order valence-electron chi connectivity index (χ0n) is 8.86. The highest BCUT2D eigenvalue weighted by molar-refractivity contribution is 5.80. The molecule has 0 bridgehead atoms. The molecule has 1 amide bonds. The lowest BCUT2D eigenvalue weighted by Gasteiger charge is -2.16. The third-order valence-corrected chi connectivity index (χ3v) is 1.79.